The van der Waals surface area contributed by atoms with Crippen LogP contribution in [-0.2, 0) is 0 Å². The fourth-order valence-electron chi connectivity index (χ4n) is 1.36. The summed E-state index contributed by atoms with van der Waals surface area (Å²) in [6, 6.07) is 8.76. The molecule has 1 amide bonds. The Morgan fingerprint density at radius 2 is 1.94 bits per heavy atom. The van der Waals surface area contributed by atoms with E-state index in [-0.39, 0.29) is 3.29 Å². The van der Waals surface area contributed by atoms with E-state index in [1.807, 2.05) is 6.07 Å². The average Bonchev–Trinajstić information content (AvgIpc) is 2.31. The predicted octanol–water partition coefficient (Wildman–Crippen LogP) is 3.10. The van der Waals surface area contributed by atoms with Crippen molar-refractivity contribution < 1.29 is 9.90 Å². The van der Waals surface area contributed by atoms with Crippen LogP contribution in [0.2, 0.25) is 0 Å². The molecule has 0 aliphatic heterocycles. The first kappa shape index (κ1) is 12.9. The van der Waals surface area contributed by atoms with Gasteiger partial charge in [-0.2, -0.15) is 10.1 Å². The summed E-state index contributed by atoms with van der Waals surface area (Å²) in [5.74, 6) is 0. The molecule has 0 unspecified atom stereocenters. The molecule has 0 heterocycles. The predicted molar refractivity (Wildman–Crippen MR) is 68.0 cm³/mol. The number of carbonyl (C=O) groups is 1. The molecule has 0 saturated carbocycles. The van der Waals surface area contributed by atoms with Crippen LogP contribution in [0.15, 0.2) is 24.3 Å². The van der Waals surface area contributed by atoms with Crippen molar-refractivity contribution in [2.75, 3.05) is 12.5 Å². The Balaban J connectivity index is 3.44. The Labute approximate surface area is 103 Å². The van der Waals surface area contributed by atoms with Crippen LogP contribution in [0.4, 0.5) is 10.5 Å². The number of carboxylic acid groups (broad SMARTS) is 1. The number of quaternary nitrogens is 1. The summed E-state index contributed by atoms with van der Waals surface area (Å²) >= 11 is 2.32. The van der Waals surface area contributed by atoms with Crippen LogP contribution in [0.3, 0.4) is 0 Å². The highest BCUT2D eigenvalue weighted by molar-refractivity contribution is 8.15. The normalized spacial score (nSPS) is 10.8. The molecule has 1 aromatic rings. The zero-order valence-corrected chi connectivity index (χ0v) is 10.5. The lowest BCUT2D eigenvalue weighted by atomic mass is 10.2. The minimum absolute atomic E-state index is 0.371. The van der Waals surface area contributed by atoms with Gasteiger partial charge >= 0.3 is 6.09 Å². The maximum Gasteiger partial charge on any atom is 0.543 e. The Morgan fingerprint density at radius 3 is 2.38 bits per heavy atom. The van der Waals surface area contributed by atoms with Gasteiger partial charge in [0.25, 0.3) is 0 Å². The lowest BCUT2D eigenvalue weighted by Gasteiger charge is -2.24. The van der Waals surface area contributed by atoms with Gasteiger partial charge in [0.2, 0.25) is 0 Å². The van der Waals surface area contributed by atoms with Crippen molar-refractivity contribution in [3.05, 3.63) is 29.8 Å². The summed E-state index contributed by atoms with van der Waals surface area (Å²) in [6.45, 7) is 0. The molecule has 0 spiro atoms. The van der Waals surface area contributed by atoms with Crippen molar-refractivity contribution >= 4 is 35.7 Å². The zero-order chi connectivity index (χ0) is 12.2. The minimum Gasteiger partial charge on any atom is -0.434 e. The third-order valence-corrected chi connectivity index (χ3v) is 4.74. The number of hydrogen-bond donors (Lipinski definition) is 1. The number of hydrogen-bond acceptors (Lipinski definition) is 4. The van der Waals surface area contributed by atoms with Crippen LogP contribution >= 0.6 is 23.9 Å². The molecule has 0 saturated heterocycles. The molecule has 84 valence electrons. The monoisotopic (exact) mass is 255 g/mol. The highest BCUT2D eigenvalue weighted by Crippen LogP contribution is 2.40. The van der Waals surface area contributed by atoms with E-state index in [1.165, 1.54) is 0 Å². The van der Waals surface area contributed by atoms with Crippen molar-refractivity contribution in [2.45, 2.75) is 0 Å². The van der Waals surface area contributed by atoms with E-state index in [0.29, 0.717) is 11.3 Å². The van der Waals surface area contributed by atoms with E-state index < -0.39 is 6.09 Å². The first-order valence-electron chi connectivity index (χ1n) is 4.36. The summed E-state index contributed by atoms with van der Waals surface area (Å²) in [7, 11) is 0. The zero-order valence-electron chi connectivity index (χ0n) is 8.88. The topological polar surface area (TPSA) is 61.1 Å². The van der Waals surface area contributed by atoms with E-state index in [2.05, 4.69) is 0 Å². The molecule has 0 aliphatic rings. The molecule has 0 aromatic heterocycles. The number of benzene rings is 1. The van der Waals surface area contributed by atoms with Crippen molar-refractivity contribution in [1.29, 1.82) is 5.26 Å². The summed E-state index contributed by atoms with van der Waals surface area (Å²) < 4.78 is -0.371. The molecule has 4 nitrogen and oxygen atoms in total. The van der Waals surface area contributed by atoms with Gasteiger partial charge in [-0.3, -0.25) is 0 Å². The van der Waals surface area contributed by atoms with E-state index >= 15 is 0 Å². The summed E-state index contributed by atoms with van der Waals surface area (Å²) in [5.41, 5.74) is 0.867. The summed E-state index contributed by atoms with van der Waals surface area (Å²) in [6.07, 6.45) is 2.42. The van der Waals surface area contributed by atoms with E-state index in [4.69, 9.17) is 5.26 Å². The molecular weight excluding hydrogens is 244 g/mol. The first-order chi connectivity index (χ1) is 7.62. The lowest BCUT2D eigenvalue weighted by Crippen LogP contribution is -2.39. The molecule has 0 radical (unpaired) electrons. The van der Waals surface area contributed by atoms with Gasteiger partial charge in [-0.15, -0.1) is 0 Å². The summed E-state index contributed by atoms with van der Waals surface area (Å²) in [5, 5.41) is 18.3. The second kappa shape index (κ2) is 5.25. The van der Waals surface area contributed by atoms with Crippen LogP contribution in [-0.4, -0.2) is 23.7 Å². The highest BCUT2D eigenvalue weighted by Gasteiger charge is 2.43. The molecule has 0 fully saturated rings. The fraction of sp³-hybridized carbons (Fsp3) is 0.200. The van der Waals surface area contributed by atoms with E-state index in [0.717, 1.165) is 23.9 Å². The summed E-state index contributed by atoms with van der Waals surface area (Å²) in [4.78, 5) is 11.4. The van der Waals surface area contributed by atoms with Gasteiger partial charge in [0.1, 0.15) is 35.5 Å². The van der Waals surface area contributed by atoms with Gasteiger partial charge in [-0.1, -0.05) is 15.4 Å². The van der Waals surface area contributed by atoms with Gasteiger partial charge in [0, 0.05) is 18.6 Å². The fourth-order valence-corrected chi connectivity index (χ4v) is 2.98. The SMILES string of the molecule is CS[N+](SC)(C(=O)O)c1ccccc1C#N. The molecule has 0 bridgehead atoms. The molecule has 16 heavy (non-hydrogen) atoms. The molecule has 0 atom stereocenters. The van der Waals surface area contributed by atoms with Crippen molar-refractivity contribution in [3.63, 3.8) is 0 Å². The molecule has 1 rings (SSSR count). The third-order valence-electron chi connectivity index (χ3n) is 2.11. The minimum atomic E-state index is -0.997. The Kier molecular flexibility index (Phi) is 4.24. The van der Waals surface area contributed by atoms with Crippen molar-refractivity contribution in [1.82, 2.24) is 3.29 Å². The van der Waals surface area contributed by atoms with Crippen LogP contribution in [0.5, 0.6) is 0 Å². The Bertz CT molecular complexity index is 439. The number of nitrogens with zero attached hydrogens (tertiary/aromatic N) is 2. The van der Waals surface area contributed by atoms with Crippen molar-refractivity contribution in [2.24, 2.45) is 0 Å². The number of para-hydroxylation sites is 1. The van der Waals surface area contributed by atoms with Crippen LogP contribution in [0, 0.1) is 11.3 Å². The van der Waals surface area contributed by atoms with Crippen LogP contribution < -0.4 is 3.29 Å². The standard InChI is InChI=1S/C10H10N2O2S2/c1-15-12(16-2,10(13)14)9-6-4-3-5-8(9)7-11/h3-6H,1-2H3/p+1. The second-order valence-electron chi connectivity index (χ2n) is 2.83. The van der Waals surface area contributed by atoms with Crippen LogP contribution in [0.1, 0.15) is 5.56 Å². The lowest BCUT2D eigenvalue weighted by molar-refractivity contribution is 0.191. The van der Waals surface area contributed by atoms with Gasteiger partial charge in [-0.25, -0.2) is 0 Å². The second-order valence-corrected chi connectivity index (χ2v) is 4.89. The van der Waals surface area contributed by atoms with Gasteiger partial charge in [0.05, 0.1) is 0 Å². The first-order valence-corrected chi connectivity index (χ1v) is 6.72. The van der Waals surface area contributed by atoms with Gasteiger partial charge in [0.15, 0.2) is 5.69 Å². The quantitative estimate of drug-likeness (QED) is 0.664. The number of rotatable bonds is 3. The molecule has 6 heteroatoms. The molecular formula is C10H11N2O2S2+. The van der Waals surface area contributed by atoms with Crippen molar-refractivity contribution in [3.8, 4) is 6.07 Å². The van der Waals surface area contributed by atoms with Gasteiger partial charge < -0.3 is 5.11 Å². The van der Waals surface area contributed by atoms with E-state index in [1.54, 1.807) is 36.8 Å². The van der Waals surface area contributed by atoms with Crippen LogP contribution in [0.25, 0.3) is 0 Å². The molecule has 1 aromatic carbocycles. The van der Waals surface area contributed by atoms with Gasteiger partial charge in [-0.05, 0) is 6.07 Å². The highest BCUT2D eigenvalue weighted by atomic mass is 32.2. The maximum atomic E-state index is 11.4. The molecule has 0 aliphatic carbocycles. The number of amides is 1. The average molecular weight is 255 g/mol. The largest absolute Gasteiger partial charge is 0.543 e. The Hall–Kier alpha value is -1.16. The Morgan fingerprint density at radius 1 is 1.38 bits per heavy atom. The maximum absolute atomic E-state index is 11.4. The third kappa shape index (κ3) is 2.02. The number of nitriles is 1. The molecule has 1 N–H and O–H groups in total. The van der Waals surface area contributed by atoms with E-state index in [9.17, 15) is 9.90 Å². The smallest absolute Gasteiger partial charge is 0.434 e.